The molecular formula is C6H9KO6Pb. The predicted octanol–water partition coefficient (Wildman–Crippen LogP) is -7.11. The summed E-state index contributed by atoms with van der Waals surface area (Å²) in [4.78, 5) is 26.7. The fourth-order valence-corrected chi connectivity index (χ4v) is 0. The minimum Gasteiger partial charge on any atom is -0.550 e. The molecule has 0 saturated carbocycles. The maximum atomic E-state index is 8.89. The first-order chi connectivity index (χ1) is 5.20. The molecule has 0 unspecified atom stereocenters. The molecule has 0 aromatic heterocycles. The van der Waals surface area contributed by atoms with E-state index >= 15 is 0 Å². The Morgan fingerprint density at radius 3 is 0.714 bits per heavy atom. The van der Waals surface area contributed by atoms with Crippen molar-refractivity contribution in [3.05, 3.63) is 0 Å². The molecule has 0 atom stereocenters. The quantitative estimate of drug-likeness (QED) is 0.357. The Morgan fingerprint density at radius 1 is 0.714 bits per heavy atom. The number of carbonyl (C=O) groups excluding carboxylic acids is 3. The zero-order valence-corrected chi connectivity index (χ0v) is 15.5. The zero-order chi connectivity index (χ0) is 10.7. The average Bonchev–Trinajstić information content (AvgIpc) is 1.54. The molecule has 0 bridgehead atoms. The van der Waals surface area contributed by atoms with Gasteiger partial charge < -0.3 is 29.7 Å². The minimum atomic E-state index is -1.08. The maximum Gasteiger partial charge on any atom is 2.00 e. The van der Waals surface area contributed by atoms with Crippen LogP contribution in [0.15, 0.2) is 0 Å². The molecule has 0 spiro atoms. The summed E-state index contributed by atoms with van der Waals surface area (Å²) in [7, 11) is 0. The summed E-state index contributed by atoms with van der Waals surface area (Å²) in [6.07, 6.45) is 0. The van der Waals surface area contributed by atoms with Gasteiger partial charge in [-0.2, -0.15) is 0 Å². The molecule has 2 radical (unpaired) electrons. The Balaban J connectivity index is -0.0000000270. The summed E-state index contributed by atoms with van der Waals surface area (Å²) in [5, 5.41) is 26.7. The average molecular weight is 423 g/mol. The third kappa shape index (κ3) is 1980. The van der Waals surface area contributed by atoms with Crippen LogP contribution in [0.3, 0.4) is 0 Å². The van der Waals surface area contributed by atoms with E-state index in [0.717, 1.165) is 20.8 Å². The fraction of sp³-hybridized carbons (Fsp3) is 0.500. The van der Waals surface area contributed by atoms with Crippen molar-refractivity contribution in [1.29, 1.82) is 0 Å². The molecule has 0 saturated heterocycles. The van der Waals surface area contributed by atoms with E-state index in [9.17, 15) is 0 Å². The largest absolute Gasteiger partial charge is 2.00 e. The summed E-state index contributed by atoms with van der Waals surface area (Å²) in [6.45, 7) is 2.92. The Bertz CT molecular complexity index is 120. The third-order valence-electron chi connectivity index (χ3n) is 0. The second kappa shape index (κ2) is 23.6. The summed E-state index contributed by atoms with van der Waals surface area (Å²) in [5.41, 5.74) is 0. The Kier molecular flexibility index (Phi) is 49.6. The van der Waals surface area contributed by atoms with Crippen LogP contribution in [0.5, 0.6) is 0 Å². The SMILES string of the molecule is CC(=O)[O-].CC(=O)[O-].CC(=O)[O-].[K+].[Pb+2]. The first-order valence-corrected chi connectivity index (χ1v) is 2.72. The van der Waals surface area contributed by atoms with Crippen molar-refractivity contribution in [3.8, 4) is 0 Å². The van der Waals surface area contributed by atoms with Crippen LogP contribution in [0.2, 0.25) is 0 Å². The first-order valence-electron chi connectivity index (χ1n) is 2.72. The fourth-order valence-electron chi connectivity index (χ4n) is 0. The first kappa shape index (κ1) is 29.4. The van der Waals surface area contributed by atoms with E-state index in [2.05, 4.69) is 0 Å². The van der Waals surface area contributed by atoms with Gasteiger partial charge in [0, 0.05) is 17.9 Å². The molecule has 0 aromatic rings. The van der Waals surface area contributed by atoms with Crippen molar-refractivity contribution in [3.63, 3.8) is 0 Å². The van der Waals surface area contributed by atoms with E-state index in [1.54, 1.807) is 0 Å². The van der Waals surface area contributed by atoms with Gasteiger partial charge in [0.2, 0.25) is 0 Å². The van der Waals surface area contributed by atoms with Gasteiger partial charge in [-0.05, 0) is 20.8 Å². The second-order valence-electron chi connectivity index (χ2n) is 1.47. The van der Waals surface area contributed by atoms with Crippen molar-refractivity contribution in [1.82, 2.24) is 0 Å². The van der Waals surface area contributed by atoms with Gasteiger partial charge in [0.25, 0.3) is 0 Å². The monoisotopic (exact) mass is 424 g/mol. The Morgan fingerprint density at radius 2 is 0.714 bits per heavy atom. The summed E-state index contributed by atoms with van der Waals surface area (Å²) in [5.74, 6) is -3.25. The molecule has 0 heterocycles. The van der Waals surface area contributed by atoms with E-state index in [-0.39, 0.29) is 78.7 Å². The van der Waals surface area contributed by atoms with Crippen LogP contribution in [-0.4, -0.2) is 45.2 Å². The number of carboxylic acids is 3. The van der Waals surface area contributed by atoms with Gasteiger partial charge in [-0.15, -0.1) is 0 Å². The molecule has 0 amide bonds. The van der Waals surface area contributed by atoms with E-state index < -0.39 is 17.9 Å². The standard InChI is InChI=1S/3C2H4O2.K.Pb/c3*1-2(3)4;;/h3*1H3,(H,3,4);;/q;;;+1;+2/p-3. The maximum absolute atomic E-state index is 8.89. The molecule has 0 N–H and O–H groups in total. The van der Waals surface area contributed by atoms with Crippen molar-refractivity contribution in [2.45, 2.75) is 20.8 Å². The number of hydrogen-bond donors (Lipinski definition) is 0. The van der Waals surface area contributed by atoms with Crippen LogP contribution in [0.4, 0.5) is 0 Å². The van der Waals surface area contributed by atoms with Gasteiger partial charge in [-0.25, -0.2) is 0 Å². The number of aliphatic carboxylic acids is 3. The molecular weight excluding hydrogens is 414 g/mol. The van der Waals surface area contributed by atoms with Gasteiger partial charge in [0.1, 0.15) is 0 Å². The molecule has 0 aliphatic carbocycles. The summed E-state index contributed by atoms with van der Waals surface area (Å²) < 4.78 is 0. The predicted molar refractivity (Wildman–Crippen MR) is 37.8 cm³/mol. The van der Waals surface area contributed by atoms with Gasteiger partial charge in [0.15, 0.2) is 0 Å². The molecule has 0 aliphatic rings. The van der Waals surface area contributed by atoms with Gasteiger partial charge in [0.05, 0.1) is 0 Å². The van der Waals surface area contributed by atoms with E-state index in [4.69, 9.17) is 29.7 Å². The van der Waals surface area contributed by atoms with Gasteiger partial charge >= 0.3 is 78.7 Å². The number of carbonyl (C=O) groups is 3. The zero-order valence-electron chi connectivity index (χ0n) is 8.45. The van der Waals surface area contributed by atoms with E-state index in [1.165, 1.54) is 0 Å². The van der Waals surface area contributed by atoms with E-state index in [1.807, 2.05) is 0 Å². The molecule has 0 aliphatic heterocycles. The van der Waals surface area contributed by atoms with Crippen LogP contribution in [0.25, 0.3) is 0 Å². The number of rotatable bonds is 0. The van der Waals surface area contributed by atoms with Crippen molar-refractivity contribution in [2.75, 3.05) is 0 Å². The Hall–Kier alpha value is 0.968. The smallest absolute Gasteiger partial charge is 0.550 e. The number of hydrogen-bond acceptors (Lipinski definition) is 6. The van der Waals surface area contributed by atoms with Crippen LogP contribution < -0.4 is 66.7 Å². The normalized spacial score (nSPS) is 5.36. The van der Waals surface area contributed by atoms with Crippen LogP contribution in [0, 0.1) is 0 Å². The van der Waals surface area contributed by atoms with Gasteiger partial charge in [-0.3, -0.25) is 0 Å². The van der Waals surface area contributed by atoms with Crippen LogP contribution in [0.1, 0.15) is 20.8 Å². The van der Waals surface area contributed by atoms with Crippen molar-refractivity contribution >= 4 is 45.2 Å². The topological polar surface area (TPSA) is 120 Å². The molecule has 0 aromatic carbocycles. The van der Waals surface area contributed by atoms with E-state index in [0.29, 0.717) is 0 Å². The summed E-state index contributed by atoms with van der Waals surface area (Å²) >= 11 is 0. The number of carboxylic acid groups (broad SMARTS) is 3. The molecule has 74 valence electrons. The van der Waals surface area contributed by atoms with Gasteiger partial charge in [-0.1, -0.05) is 0 Å². The molecule has 0 rings (SSSR count). The Labute approximate surface area is 145 Å². The van der Waals surface area contributed by atoms with Crippen LogP contribution >= 0.6 is 0 Å². The second-order valence-corrected chi connectivity index (χ2v) is 1.47. The molecule has 6 nitrogen and oxygen atoms in total. The molecule has 0 fully saturated rings. The van der Waals surface area contributed by atoms with Crippen molar-refractivity contribution < 1.29 is 81.1 Å². The molecule has 14 heavy (non-hydrogen) atoms. The summed E-state index contributed by atoms with van der Waals surface area (Å²) in [6, 6.07) is 0. The third-order valence-corrected chi connectivity index (χ3v) is 0. The molecule has 8 heteroatoms. The van der Waals surface area contributed by atoms with Crippen molar-refractivity contribution in [2.24, 2.45) is 0 Å². The van der Waals surface area contributed by atoms with Crippen LogP contribution in [-0.2, 0) is 14.4 Å². The minimum absolute atomic E-state index is 0.